The van der Waals surface area contributed by atoms with Crippen molar-refractivity contribution >= 4 is 17.6 Å². The lowest BCUT2D eigenvalue weighted by atomic mass is 10.1. The van der Waals surface area contributed by atoms with Crippen LogP contribution in [0.2, 0.25) is 5.02 Å². The number of amides is 2. The van der Waals surface area contributed by atoms with Crippen LogP contribution in [0.4, 0.5) is 4.79 Å². The van der Waals surface area contributed by atoms with Gasteiger partial charge in [0.05, 0.1) is 6.04 Å². The number of benzene rings is 1. The second-order valence-corrected chi connectivity index (χ2v) is 5.39. The fourth-order valence-corrected chi connectivity index (χ4v) is 2.36. The van der Waals surface area contributed by atoms with Gasteiger partial charge in [-0.15, -0.1) is 0 Å². The van der Waals surface area contributed by atoms with Crippen LogP contribution < -0.4 is 10.6 Å². The van der Waals surface area contributed by atoms with Gasteiger partial charge in [-0.3, -0.25) is 0 Å². The van der Waals surface area contributed by atoms with E-state index >= 15 is 0 Å². The lowest BCUT2D eigenvalue weighted by Gasteiger charge is -2.19. The lowest BCUT2D eigenvalue weighted by Crippen LogP contribution is -2.42. The van der Waals surface area contributed by atoms with Crippen LogP contribution in [0.25, 0.3) is 0 Å². The van der Waals surface area contributed by atoms with Crippen molar-refractivity contribution in [3.63, 3.8) is 0 Å². The maximum absolute atomic E-state index is 11.8. The largest absolute Gasteiger partial charge is 0.335 e. The van der Waals surface area contributed by atoms with Crippen LogP contribution in [0.5, 0.6) is 0 Å². The molecule has 2 rings (SSSR count). The summed E-state index contributed by atoms with van der Waals surface area (Å²) in [5.74, 6) is 0.659. The maximum Gasteiger partial charge on any atom is 0.315 e. The Kier molecular flexibility index (Phi) is 4.12. The Bertz CT molecular complexity index is 432. The van der Waals surface area contributed by atoms with Gasteiger partial charge < -0.3 is 10.6 Å². The molecular formula is C14H19ClN2O. The molecule has 4 heteroatoms. The first kappa shape index (κ1) is 13.2. The van der Waals surface area contributed by atoms with Gasteiger partial charge in [-0.2, -0.15) is 0 Å². The zero-order valence-corrected chi connectivity index (χ0v) is 11.5. The lowest BCUT2D eigenvalue weighted by molar-refractivity contribution is 0.233. The third kappa shape index (κ3) is 3.39. The van der Waals surface area contributed by atoms with Crippen LogP contribution in [0, 0.1) is 5.92 Å². The van der Waals surface area contributed by atoms with Crippen molar-refractivity contribution in [1.82, 2.24) is 10.6 Å². The van der Waals surface area contributed by atoms with Crippen molar-refractivity contribution in [3.05, 3.63) is 34.9 Å². The number of rotatable bonds is 4. The molecular weight excluding hydrogens is 248 g/mol. The first-order valence-corrected chi connectivity index (χ1v) is 6.77. The van der Waals surface area contributed by atoms with Gasteiger partial charge in [0.25, 0.3) is 0 Å². The summed E-state index contributed by atoms with van der Waals surface area (Å²) >= 11 is 6.10. The highest BCUT2D eigenvalue weighted by molar-refractivity contribution is 6.31. The molecule has 2 N–H and O–H groups in total. The maximum atomic E-state index is 11.8. The van der Waals surface area contributed by atoms with Crippen molar-refractivity contribution in [2.24, 2.45) is 5.92 Å². The summed E-state index contributed by atoms with van der Waals surface area (Å²) < 4.78 is 0. The molecule has 1 aliphatic rings. The van der Waals surface area contributed by atoms with E-state index in [4.69, 9.17) is 11.6 Å². The highest BCUT2D eigenvalue weighted by Crippen LogP contribution is 2.32. The number of hydrogen-bond donors (Lipinski definition) is 2. The first-order valence-electron chi connectivity index (χ1n) is 6.39. The SMILES string of the molecule is CC(NC(=O)NC(C)C1CC1)c1ccccc1Cl. The van der Waals surface area contributed by atoms with Gasteiger partial charge in [0, 0.05) is 11.1 Å². The van der Waals surface area contributed by atoms with Gasteiger partial charge in [-0.1, -0.05) is 29.8 Å². The van der Waals surface area contributed by atoms with Crippen LogP contribution >= 0.6 is 11.6 Å². The molecule has 0 saturated heterocycles. The molecule has 98 valence electrons. The van der Waals surface area contributed by atoms with Crippen molar-refractivity contribution in [2.45, 2.75) is 38.8 Å². The topological polar surface area (TPSA) is 41.1 Å². The van der Waals surface area contributed by atoms with E-state index in [0.29, 0.717) is 10.9 Å². The zero-order chi connectivity index (χ0) is 13.1. The fraction of sp³-hybridized carbons (Fsp3) is 0.500. The summed E-state index contributed by atoms with van der Waals surface area (Å²) in [5.41, 5.74) is 0.938. The average Bonchev–Trinajstić information content (AvgIpc) is 3.12. The fourth-order valence-electron chi connectivity index (χ4n) is 2.06. The summed E-state index contributed by atoms with van der Waals surface area (Å²) in [6, 6.07) is 7.60. The van der Waals surface area contributed by atoms with Crippen LogP contribution in [0.15, 0.2) is 24.3 Å². The van der Waals surface area contributed by atoms with Crippen molar-refractivity contribution < 1.29 is 4.79 Å². The minimum atomic E-state index is -0.123. The Morgan fingerprint density at radius 2 is 1.94 bits per heavy atom. The molecule has 0 bridgehead atoms. The normalized spacial score (nSPS) is 17.9. The Hall–Kier alpha value is -1.22. The third-order valence-corrected chi connectivity index (χ3v) is 3.75. The zero-order valence-electron chi connectivity index (χ0n) is 10.7. The Labute approximate surface area is 113 Å². The van der Waals surface area contributed by atoms with Crippen molar-refractivity contribution in [1.29, 1.82) is 0 Å². The van der Waals surface area contributed by atoms with Crippen LogP contribution in [0.3, 0.4) is 0 Å². The minimum absolute atomic E-state index is 0.0925. The molecule has 0 aliphatic heterocycles. The molecule has 1 aromatic carbocycles. The number of hydrogen-bond acceptors (Lipinski definition) is 1. The summed E-state index contributed by atoms with van der Waals surface area (Å²) in [4.78, 5) is 11.8. The highest BCUT2D eigenvalue weighted by Gasteiger charge is 2.29. The van der Waals surface area contributed by atoms with Gasteiger partial charge >= 0.3 is 6.03 Å². The van der Waals surface area contributed by atoms with E-state index in [1.165, 1.54) is 12.8 Å². The molecule has 0 spiro atoms. The third-order valence-electron chi connectivity index (χ3n) is 3.41. The number of carbonyl (C=O) groups excluding carboxylic acids is 1. The Morgan fingerprint density at radius 1 is 1.28 bits per heavy atom. The second-order valence-electron chi connectivity index (χ2n) is 4.99. The van der Waals surface area contributed by atoms with Gasteiger partial charge in [-0.05, 0) is 44.2 Å². The van der Waals surface area contributed by atoms with Gasteiger partial charge in [0.2, 0.25) is 0 Å². The van der Waals surface area contributed by atoms with E-state index < -0.39 is 0 Å². The highest BCUT2D eigenvalue weighted by atomic mass is 35.5. The van der Waals surface area contributed by atoms with E-state index in [-0.39, 0.29) is 18.1 Å². The standard InChI is InChI=1S/C14H19ClN2O/c1-9(11-7-8-11)16-14(18)17-10(2)12-5-3-4-6-13(12)15/h3-6,9-11H,7-8H2,1-2H3,(H2,16,17,18). The van der Waals surface area contributed by atoms with Gasteiger partial charge in [0.15, 0.2) is 0 Å². The molecule has 3 nitrogen and oxygen atoms in total. The molecule has 2 amide bonds. The van der Waals surface area contributed by atoms with E-state index in [9.17, 15) is 4.79 Å². The molecule has 2 unspecified atom stereocenters. The molecule has 1 fully saturated rings. The second kappa shape index (κ2) is 5.61. The Balaban J connectivity index is 1.88. The summed E-state index contributed by atoms with van der Waals surface area (Å²) in [5, 5.41) is 6.57. The van der Waals surface area contributed by atoms with E-state index in [1.54, 1.807) is 0 Å². The average molecular weight is 267 g/mol. The molecule has 2 atom stereocenters. The predicted molar refractivity (Wildman–Crippen MR) is 73.7 cm³/mol. The smallest absolute Gasteiger partial charge is 0.315 e. The summed E-state index contributed by atoms with van der Waals surface area (Å²) in [6.45, 7) is 3.99. The molecule has 1 saturated carbocycles. The molecule has 0 aromatic heterocycles. The molecule has 1 aromatic rings. The number of halogens is 1. The van der Waals surface area contributed by atoms with E-state index in [1.807, 2.05) is 31.2 Å². The summed E-state index contributed by atoms with van der Waals surface area (Å²) in [6.07, 6.45) is 2.45. The van der Waals surface area contributed by atoms with E-state index in [2.05, 4.69) is 17.6 Å². The van der Waals surface area contributed by atoms with Crippen LogP contribution in [0.1, 0.15) is 38.3 Å². The van der Waals surface area contributed by atoms with Crippen LogP contribution in [-0.2, 0) is 0 Å². The van der Waals surface area contributed by atoms with Crippen molar-refractivity contribution in [3.8, 4) is 0 Å². The molecule has 0 radical (unpaired) electrons. The van der Waals surface area contributed by atoms with Gasteiger partial charge in [-0.25, -0.2) is 4.79 Å². The number of urea groups is 1. The Morgan fingerprint density at radius 3 is 2.56 bits per heavy atom. The van der Waals surface area contributed by atoms with Crippen molar-refractivity contribution in [2.75, 3.05) is 0 Å². The summed E-state index contributed by atoms with van der Waals surface area (Å²) in [7, 11) is 0. The monoisotopic (exact) mass is 266 g/mol. The van der Waals surface area contributed by atoms with Crippen LogP contribution in [-0.4, -0.2) is 12.1 Å². The van der Waals surface area contributed by atoms with Gasteiger partial charge in [0.1, 0.15) is 0 Å². The quantitative estimate of drug-likeness (QED) is 0.860. The number of carbonyl (C=O) groups is 1. The first-order chi connectivity index (χ1) is 8.58. The number of nitrogens with one attached hydrogen (secondary N) is 2. The molecule has 18 heavy (non-hydrogen) atoms. The molecule has 0 heterocycles. The predicted octanol–water partition coefficient (Wildman–Crippen LogP) is 3.50. The molecule has 1 aliphatic carbocycles. The minimum Gasteiger partial charge on any atom is -0.335 e. The van der Waals surface area contributed by atoms with E-state index in [0.717, 1.165) is 5.56 Å².